The molecule has 0 bridgehead atoms. The molecule has 1 unspecified atom stereocenters. The SMILES string of the molecule is CCOc1cc(OC(C)C)c(F)c(C(Nc2ccc(C(=N)N)cc2)c2cccc(N3CCC[C@H]3CO)n2)c1. The minimum atomic E-state index is -0.691. The Labute approximate surface area is 223 Å². The summed E-state index contributed by atoms with van der Waals surface area (Å²) in [5, 5.41) is 20.9. The third-order valence-corrected chi connectivity index (χ3v) is 6.47. The summed E-state index contributed by atoms with van der Waals surface area (Å²) in [5.74, 6) is 0.807. The van der Waals surface area contributed by atoms with E-state index in [9.17, 15) is 5.11 Å². The maximum Gasteiger partial charge on any atom is 0.171 e. The van der Waals surface area contributed by atoms with E-state index in [1.54, 1.807) is 36.4 Å². The fraction of sp³-hybridized carbons (Fsp3) is 0.379. The molecule has 5 N–H and O–H groups in total. The number of rotatable bonds is 11. The number of nitrogens with two attached hydrogens (primary N) is 1. The summed E-state index contributed by atoms with van der Waals surface area (Å²) in [7, 11) is 0. The lowest BCUT2D eigenvalue weighted by molar-refractivity contribution is 0.228. The van der Waals surface area contributed by atoms with E-state index in [2.05, 4.69) is 10.2 Å². The van der Waals surface area contributed by atoms with Crippen molar-refractivity contribution in [2.24, 2.45) is 5.73 Å². The van der Waals surface area contributed by atoms with Gasteiger partial charge in [0.1, 0.15) is 17.4 Å². The van der Waals surface area contributed by atoms with Crippen LogP contribution in [0.25, 0.3) is 0 Å². The number of nitrogens with one attached hydrogen (secondary N) is 2. The van der Waals surface area contributed by atoms with Gasteiger partial charge in [-0.05, 0) is 76.1 Å². The first kappa shape index (κ1) is 27.2. The van der Waals surface area contributed by atoms with Gasteiger partial charge in [0.2, 0.25) is 0 Å². The number of halogens is 1. The Morgan fingerprint density at radius 3 is 2.66 bits per heavy atom. The Balaban J connectivity index is 1.82. The van der Waals surface area contributed by atoms with Crippen molar-refractivity contribution in [3.63, 3.8) is 0 Å². The largest absolute Gasteiger partial charge is 0.494 e. The van der Waals surface area contributed by atoms with Gasteiger partial charge in [0, 0.05) is 29.4 Å². The van der Waals surface area contributed by atoms with E-state index in [0.717, 1.165) is 25.2 Å². The van der Waals surface area contributed by atoms with Gasteiger partial charge in [0.25, 0.3) is 0 Å². The lowest BCUT2D eigenvalue weighted by Crippen LogP contribution is -2.33. The average Bonchev–Trinajstić information content (AvgIpc) is 3.38. The van der Waals surface area contributed by atoms with Crippen LogP contribution in [-0.2, 0) is 0 Å². The van der Waals surface area contributed by atoms with Crippen LogP contribution in [0.15, 0.2) is 54.6 Å². The van der Waals surface area contributed by atoms with Crippen LogP contribution in [0.2, 0.25) is 0 Å². The van der Waals surface area contributed by atoms with Crippen molar-refractivity contribution in [2.45, 2.75) is 51.8 Å². The summed E-state index contributed by atoms with van der Waals surface area (Å²) in [6.07, 6.45) is 1.64. The van der Waals surface area contributed by atoms with Gasteiger partial charge in [-0.3, -0.25) is 5.41 Å². The number of aromatic nitrogens is 1. The molecule has 1 aliphatic heterocycles. The predicted molar refractivity (Wildman–Crippen MR) is 148 cm³/mol. The highest BCUT2D eigenvalue weighted by molar-refractivity contribution is 5.95. The second-order valence-corrected chi connectivity index (χ2v) is 9.59. The molecule has 2 aromatic carbocycles. The van der Waals surface area contributed by atoms with Crippen molar-refractivity contribution in [2.75, 3.05) is 30.0 Å². The van der Waals surface area contributed by atoms with Gasteiger partial charge in [-0.15, -0.1) is 0 Å². The van der Waals surface area contributed by atoms with Crippen LogP contribution in [0.1, 0.15) is 56.5 Å². The minimum Gasteiger partial charge on any atom is -0.494 e. The van der Waals surface area contributed by atoms with E-state index in [-0.39, 0.29) is 30.3 Å². The van der Waals surface area contributed by atoms with Gasteiger partial charge in [-0.1, -0.05) is 6.07 Å². The second-order valence-electron chi connectivity index (χ2n) is 9.59. The Morgan fingerprint density at radius 1 is 1.24 bits per heavy atom. The van der Waals surface area contributed by atoms with Crippen LogP contribution in [0.5, 0.6) is 11.5 Å². The molecule has 0 saturated carbocycles. The van der Waals surface area contributed by atoms with Gasteiger partial charge in [-0.2, -0.15) is 0 Å². The average molecular weight is 522 g/mol. The predicted octanol–water partition coefficient (Wildman–Crippen LogP) is 4.85. The zero-order valence-electron chi connectivity index (χ0n) is 22.1. The third-order valence-electron chi connectivity index (χ3n) is 6.47. The lowest BCUT2D eigenvalue weighted by Gasteiger charge is -2.27. The Kier molecular flexibility index (Phi) is 8.68. The zero-order chi connectivity index (χ0) is 27.2. The van der Waals surface area contributed by atoms with Crippen LogP contribution in [-0.4, -0.2) is 47.8 Å². The number of aliphatic hydroxyl groups excluding tert-OH is 1. The van der Waals surface area contributed by atoms with Gasteiger partial charge < -0.3 is 30.5 Å². The molecule has 0 amide bonds. The van der Waals surface area contributed by atoms with E-state index in [0.29, 0.717) is 34.9 Å². The van der Waals surface area contributed by atoms with Crippen LogP contribution in [0, 0.1) is 11.2 Å². The van der Waals surface area contributed by atoms with Crippen molar-refractivity contribution >= 4 is 17.3 Å². The maximum atomic E-state index is 16.0. The number of hydrogen-bond acceptors (Lipinski definition) is 7. The molecule has 2 atom stereocenters. The van der Waals surface area contributed by atoms with Gasteiger partial charge >= 0.3 is 0 Å². The van der Waals surface area contributed by atoms with Gasteiger partial charge in [-0.25, -0.2) is 9.37 Å². The van der Waals surface area contributed by atoms with E-state index in [1.807, 2.05) is 39.0 Å². The summed E-state index contributed by atoms with van der Waals surface area (Å²) in [5.41, 5.74) is 7.84. The standard InChI is InChI=1S/C29H36FN5O3/c1-4-37-22-15-23(27(30)25(16-22)38-18(2)3)28(33-20-12-10-19(11-13-20)29(31)32)24-8-5-9-26(34-24)35-14-6-7-21(35)17-36/h5,8-13,15-16,18,21,28,33,36H,4,6-7,14,17H2,1-3H3,(H3,31,32)/t21-,28?/m0/s1. The van der Waals surface area contributed by atoms with E-state index in [4.69, 9.17) is 25.6 Å². The summed E-state index contributed by atoms with van der Waals surface area (Å²) in [4.78, 5) is 7.03. The summed E-state index contributed by atoms with van der Waals surface area (Å²) in [6, 6.07) is 15.3. The monoisotopic (exact) mass is 521 g/mol. The molecule has 0 spiro atoms. The van der Waals surface area contributed by atoms with Crippen LogP contribution < -0.4 is 25.4 Å². The molecule has 38 heavy (non-hydrogen) atoms. The molecule has 0 aliphatic carbocycles. The first-order valence-electron chi connectivity index (χ1n) is 13.0. The molecule has 3 aromatic rings. The molecule has 1 fully saturated rings. The van der Waals surface area contributed by atoms with Crippen molar-refractivity contribution in [1.29, 1.82) is 5.41 Å². The molecule has 2 heterocycles. The summed E-state index contributed by atoms with van der Waals surface area (Å²) >= 11 is 0. The van der Waals surface area contributed by atoms with E-state index >= 15 is 4.39 Å². The fourth-order valence-electron chi connectivity index (χ4n) is 4.70. The highest BCUT2D eigenvalue weighted by atomic mass is 19.1. The molecular formula is C29H36FN5O3. The number of hydrogen-bond donors (Lipinski definition) is 4. The first-order valence-corrected chi connectivity index (χ1v) is 13.0. The number of benzene rings is 2. The molecular weight excluding hydrogens is 485 g/mol. The van der Waals surface area contributed by atoms with Crippen molar-refractivity contribution in [3.8, 4) is 11.5 Å². The van der Waals surface area contributed by atoms with Gasteiger partial charge in [0.05, 0.1) is 37.1 Å². The van der Waals surface area contributed by atoms with Crippen LogP contribution in [0.4, 0.5) is 15.9 Å². The minimum absolute atomic E-state index is 0.00680. The quantitative estimate of drug-likeness (QED) is 0.210. The number of ether oxygens (including phenoxy) is 2. The number of aliphatic hydroxyl groups is 1. The highest BCUT2D eigenvalue weighted by Crippen LogP contribution is 2.37. The normalized spacial score (nSPS) is 15.9. The number of anilines is 2. The maximum absolute atomic E-state index is 16.0. The number of nitrogen functional groups attached to an aromatic ring is 1. The van der Waals surface area contributed by atoms with Crippen molar-refractivity contribution in [1.82, 2.24) is 4.98 Å². The van der Waals surface area contributed by atoms with Crippen molar-refractivity contribution in [3.05, 3.63) is 77.2 Å². The smallest absolute Gasteiger partial charge is 0.171 e. The molecule has 4 rings (SSSR count). The third kappa shape index (κ3) is 6.16. The summed E-state index contributed by atoms with van der Waals surface area (Å²) in [6.45, 7) is 6.83. The van der Waals surface area contributed by atoms with Gasteiger partial charge in [0.15, 0.2) is 11.6 Å². The lowest BCUT2D eigenvalue weighted by atomic mass is 10.0. The molecule has 202 valence electrons. The number of amidine groups is 1. The number of nitrogens with zero attached hydrogens (tertiary/aromatic N) is 2. The Morgan fingerprint density at radius 2 is 2.00 bits per heavy atom. The summed E-state index contributed by atoms with van der Waals surface area (Å²) < 4.78 is 27.6. The molecule has 8 nitrogen and oxygen atoms in total. The highest BCUT2D eigenvalue weighted by Gasteiger charge is 2.28. The first-order chi connectivity index (χ1) is 18.3. The van der Waals surface area contributed by atoms with Crippen LogP contribution >= 0.6 is 0 Å². The Bertz CT molecular complexity index is 1250. The topological polar surface area (TPSA) is 117 Å². The second kappa shape index (κ2) is 12.1. The zero-order valence-corrected chi connectivity index (χ0v) is 22.1. The molecule has 1 aliphatic rings. The molecule has 1 saturated heterocycles. The van der Waals surface area contributed by atoms with Crippen molar-refractivity contribution < 1.29 is 19.0 Å². The van der Waals surface area contributed by atoms with E-state index < -0.39 is 11.9 Å². The fourth-order valence-corrected chi connectivity index (χ4v) is 4.70. The van der Waals surface area contributed by atoms with E-state index in [1.165, 1.54) is 0 Å². The molecule has 9 heteroatoms. The van der Waals surface area contributed by atoms with Crippen LogP contribution in [0.3, 0.4) is 0 Å². The molecule has 1 aromatic heterocycles. The Hall–Kier alpha value is -3.85. The number of pyridine rings is 1. The molecule has 0 radical (unpaired) electrons.